The van der Waals surface area contributed by atoms with Crippen molar-refractivity contribution in [2.45, 2.75) is 25.7 Å². The minimum atomic E-state index is -3.19. The quantitative estimate of drug-likeness (QED) is 0.785. The lowest BCUT2D eigenvalue weighted by atomic mass is 10.0. The molecular weight excluding hydrogens is 250 g/mol. The van der Waals surface area contributed by atoms with Crippen LogP contribution in [-0.4, -0.2) is 56.3 Å². The highest BCUT2D eigenvalue weighted by Crippen LogP contribution is 2.29. The zero-order chi connectivity index (χ0) is 12.6. The van der Waals surface area contributed by atoms with Gasteiger partial charge in [0.15, 0.2) is 0 Å². The molecule has 0 aromatic heterocycles. The van der Waals surface area contributed by atoms with Crippen LogP contribution in [-0.2, 0) is 10.2 Å². The number of hydrogen-bond acceptors (Lipinski definition) is 3. The van der Waals surface area contributed by atoms with Crippen molar-refractivity contribution < 1.29 is 8.42 Å². The fraction of sp³-hybridized carbons (Fsp3) is 1.00. The van der Waals surface area contributed by atoms with E-state index in [1.54, 1.807) is 8.61 Å². The van der Waals surface area contributed by atoms with Gasteiger partial charge >= 0.3 is 0 Å². The smallest absolute Gasteiger partial charge is 0.281 e. The molecule has 6 heteroatoms. The lowest BCUT2D eigenvalue weighted by Crippen LogP contribution is -2.44. The maximum absolute atomic E-state index is 12.6. The molecule has 0 unspecified atom stereocenters. The first kappa shape index (κ1) is 12.8. The topological polar surface area (TPSA) is 52.7 Å². The summed E-state index contributed by atoms with van der Waals surface area (Å²) < 4.78 is 28.7. The van der Waals surface area contributed by atoms with Crippen LogP contribution in [0, 0.1) is 11.8 Å². The first-order valence-electron chi connectivity index (χ1n) is 7.14. The van der Waals surface area contributed by atoms with E-state index in [9.17, 15) is 8.42 Å². The van der Waals surface area contributed by atoms with Crippen molar-refractivity contribution >= 4 is 10.2 Å². The van der Waals surface area contributed by atoms with Crippen LogP contribution < -0.4 is 5.32 Å². The summed E-state index contributed by atoms with van der Waals surface area (Å²) in [7, 11) is -3.19. The summed E-state index contributed by atoms with van der Waals surface area (Å²) in [5.74, 6) is 1.07. The summed E-state index contributed by atoms with van der Waals surface area (Å²) in [6, 6.07) is 0. The summed E-state index contributed by atoms with van der Waals surface area (Å²) in [5.41, 5.74) is 0. The van der Waals surface area contributed by atoms with Crippen molar-refractivity contribution in [2.24, 2.45) is 11.8 Å². The molecule has 0 bridgehead atoms. The van der Waals surface area contributed by atoms with Gasteiger partial charge in [0.05, 0.1) is 0 Å². The summed E-state index contributed by atoms with van der Waals surface area (Å²) in [6.07, 6.45) is 4.37. The van der Waals surface area contributed by atoms with Gasteiger partial charge in [0.1, 0.15) is 0 Å². The van der Waals surface area contributed by atoms with Crippen LogP contribution in [0.25, 0.3) is 0 Å². The number of rotatable bonds is 2. The van der Waals surface area contributed by atoms with E-state index in [0.717, 1.165) is 39.0 Å². The molecule has 104 valence electrons. The zero-order valence-electron chi connectivity index (χ0n) is 10.8. The second kappa shape index (κ2) is 5.07. The second-order valence-corrected chi connectivity index (χ2v) is 7.74. The van der Waals surface area contributed by atoms with Crippen molar-refractivity contribution in [3.8, 4) is 0 Å². The Morgan fingerprint density at radius 2 is 1.39 bits per heavy atom. The molecule has 2 atom stereocenters. The Hall–Kier alpha value is -0.170. The zero-order valence-corrected chi connectivity index (χ0v) is 11.7. The van der Waals surface area contributed by atoms with E-state index in [1.807, 2.05) is 0 Å². The Bertz CT molecular complexity index is 378. The highest BCUT2D eigenvalue weighted by molar-refractivity contribution is 7.86. The summed E-state index contributed by atoms with van der Waals surface area (Å²) in [5, 5.41) is 3.35. The van der Waals surface area contributed by atoms with E-state index in [4.69, 9.17) is 0 Å². The maximum Gasteiger partial charge on any atom is 0.281 e. The Morgan fingerprint density at radius 3 is 1.94 bits per heavy atom. The molecule has 3 aliphatic heterocycles. The highest BCUT2D eigenvalue weighted by atomic mass is 32.2. The monoisotopic (exact) mass is 273 g/mol. The number of nitrogens with zero attached hydrogens (tertiary/aromatic N) is 2. The minimum absolute atomic E-state index is 0.534. The summed E-state index contributed by atoms with van der Waals surface area (Å²) in [4.78, 5) is 0. The fourth-order valence-corrected chi connectivity index (χ4v) is 5.24. The minimum Gasteiger partial charge on any atom is -0.316 e. The molecule has 0 aromatic carbocycles. The number of fused-ring (bicyclic) bond motifs is 1. The van der Waals surface area contributed by atoms with Gasteiger partial charge in [-0.1, -0.05) is 12.8 Å². The van der Waals surface area contributed by atoms with Crippen LogP contribution in [0.3, 0.4) is 0 Å². The SMILES string of the molecule is O=S(=O)(N1CCCCCC1)N1C[C@H]2CNC[C@H]2C1. The van der Waals surface area contributed by atoms with Crippen LogP contribution in [0.15, 0.2) is 0 Å². The van der Waals surface area contributed by atoms with Crippen LogP contribution in [0.4, 0.5) is 0 Å². The van der Waals surface area contributed by atoms with Gasteiger partial charge in [0, 0.05) is 26.2 Å². The third kappa shape index (κ3) is 2.31. The molecule has 0 spiro atoms. The Morgan fingerprint density at radius 1 is 0.833 bits per heavy atom. The summed E-state index contributed by atoms with van der Waals surface area (Å²) >= 11 is 0. The summed E-state index contributed by atoms with van der Waals surface area (Å²) in [6.45, 7) is 4.83. The molecule has 0 aliphatic carbocycles. The predicted octanol–water partition coefficient (Wildman–Crippen LogP) is 0.258. The van der Waals surface area contributed by atoms with Gasteiger partial charge in [-0.3, -0.25) is 0 Å². The Kier molecular flexibility index (Phi) is 3.62. The Labute approximate surface area is 110 Å². The number of hydrogen-bond donors (Lipinski definition) is 1. The van der Waals surface area contributed by atoms with Gasteiger partial charge in [-0.2, -0.15) is 17.0 Å². The molecular formula is C12H23N3O2S. The van der Waals surface area contributed by atoms with E-state index in [0.29, 0.717) is 24.9 Å². The van der Waals surface area contributed by atoms with Gasteiger partial charge in [-0.25, -0.2) is 0 Å². The first-order chi connectivity index (χ1) is 8.68. The van der Waals surface area contributed by atoms with E-state index < -0.39 is 10.2 Å². The number of nitrogens with one attached hydrogen (secondary N) is 1. The molecule has 0 saturated carbocycles. The standard InChI is InChI=1S/C12H23N3O2S/c16-18(17,14-5-3-1-2-4-6-14)15-9-11-7-13-8-12(11)10-15/h11-13H,1-10H2/t11-,12+. The lowest BCUT2D eigenvalue weighted by molar-refractivity contribution is 0.357. The normalized spacial score (nSPS) is 35.6. The molecule has 5 nitrogen and oxygen atoms in total. The van der Waals surface area contributed by atoms with Gasteiger partial charge in [-0.05, 0) is 37.8 Å². The van der Waals surface area contributed by atoms with E-state index >= 15 is 0 Å². The van der Waals surface area contributed by atoms with Gasteiger partial charge in [0.25, 0.3) is 10.2 Å². The van der Waals surface area contributed by atoms with Crippen molar-refractivity contribution in [2.75, 3.05) is 39.3 Å². The molecule has 0 aromatic rings. The van der Waals surface area contributed by atoms with E-state index in [1.165, 1.54) is 12.8 Å². The maximum atomic E-state index is 12.6. The van der Waals surface area contributed by atoms with Crippen molar-refractivity contribution in [1.29, 1.82) is 0 Å². The van der Waals surface area contributed by atoms with E-state index in [-0.39, 0.29) is 0 Å². The third-order valence-electron chi connectivity index (χ3n) is 4.57. The van der Waals surface area contributed by atoms with Gasteiger partial charge in [-0.15, -0.1) is 0 Å². The molecule has 3 saturated heterocycles. The van der Waals surface area contributed by atoms with Crippen LogP contribution in [0.5, 0.6) is 0 Å². The molecule has 0 radical (unpaired) electrons. The first-order valence-corrected chi connectivity index (χ1v) is 8.53. The third-order valence-corrected chi connectivity index (χ3v) is 6.54. The van der Waals surface area contributed by atoms with Crippen LogP contribution in [0.2, 0.25) is 0 Å². The van der Waals surface area contributed by atoms with Gasteiger partial charge < -0.3 is 5.32 Å². The highest BCUT2D eigenvalue weighted by Gasteiger charge is 2.42. The molecule has 0 amide bonds. The van der Waals surface area contributed by atoms with Gasteiger partial charge in [0.2, 0.25) is 0 Å². The molecule has 3 rings (SSSR count). The van der Waals surface area contributed by atoms with Crippen molar-refractivity contribution in [3.63, 3.8) is 0 Å². The fourth-order valence-electron chi connectivity index (χ4n) is 3.44. The van der Waals surface area contributed by atoms with Crippen molar-refractivity contribution in [3.05, 3.63) is 0 Å². The predicted molar refractivity (Wildman–Crippen MR) is 70.4 cm³/mol. The molecule has 1 N–H and O–H groups in total. The second-order valence-electron chi connectivity index (χ2n) is 5.82. The average molecular weight is 273 g/mol. The Balaban J connectivity index is 1.70. The molecule has 3 fully saturated rings. The largest absolute Gasteiger partial charge is 0.316 e. The van der Waals surface area contributed by atoms with Crippen LogP contribution in [0.1, 0.15) is 25.7 Å². The molecule has 3 aliphatic rings. The van der Waals surface area contributed by atoms with Crippen molar-refractivity contribution in [1.82, 2.24) is 13.9 Å². The molecule has 3 heterocycles. The van der Waals surface area contributed by atoms with E-state index in [2.05, 4.69) is 5.32 Å². The average Bonchev–Trinajstić information content (AvgIpc) is 2.80. The van der Waals surface area contributed by atoms with Crippen LogP contribution >= 0.6 is 0 Å². The lowest BCUT2D eigenvalue weighted by Gasteiger charge is -2.26. The molecule has 18 heavy (non-hydrogen) atoms.